The summed E-state index contributed by atoms with van der Waals surface area (Å²) in [6.07, 6.45) is 0. The smallest absolute Gasteiger partial charge is 0.337 e. The molecule has 118 valence electrons. The lowest BCUT2D eigenvalue weighted by Gasteiger charge is -2.21. The van der Waals surface area contributed by atoms with Crippen molar-refractivity contribution >= 4 is 11.8 Å². The van der Waals surface area contributed by atoms with Crippen molar-refractivity contribution in [3.8, 4) is 0 Å². The van der Waals surface area contributed by atoms with Crippen LogP contribution in [-0.2, 0) is 21.6 Å². The van der Waals surface area contributed by atoms with Crippen LogP contribution in [0.15, 0.2) is 6.07 Å². The van der Waals surface area contributed by atoms with Crippen LogP contribution in [0, 0.1) is 0 Å². The van der Waals surface area contributed by atoms with E-state index in [1.807, 2.05) is 20.8 Å². The second kappa shape index (κ2) is 6.36. The third kappa shape index (κ3) is 4.95. The minimum atomic E-state index is -1.87. The van der Waals surface area contributed by atoms with Crippen molar-refractivity contribution in [1.82, 2.24) is 9.97 Å². The zero-order chi connectivity index (χ0) is 16.3. The van der Waals surface area contributed by atoms with Crippen LogP contribution in [0.1, 0.15) is 39.2 Å². The van der Waals surface area contributed by atoms with Crippen LogP contribution in [0.5, 0.6) is 0 Å². The van der Waals surface area contributed by atoms with Gasteiger partial charge in [0.15, 0.2) is 5.60 Å². The minimum Gasteiger partial charge on any atom is -0.479 e. The molecular weight excluding hydrogens is 274 g/mol. The molecular formula is C14H23N3O4. The fraction of sp³-hybridized carbons (Fsp3) is 0.643. The van der Waals surface area contributed by atoms with Crippen molar-refractivity contribution in [2.24, 2.45) is 0 Å². The third-order valence-electron chi connectivity index (χ3n) is 2.82. The van der Waals surface area contributed by atoms with E-state index in [2.05, 4.69) is 15.3 Å². The third-order valence-corrected chi connectivity index (χ3v) is 2.82. The molecule has 1 rings (SSSR count). The molecule has 1 aromatic heterocycles. The van der Waals surface area contributed by atoms with Gasteiger partial charge in [0.25, 0.3) is 0 Å². The van der Waals surface area contributed by atoms with Gasteiger partial charge in [0, 0.05) is 18.6 Å². The summed E-state index contributed by atoms with van der Waals surface area (Å²) in [5.41, 5.74) is -1.43. The topological polar surface area (TPSA) is 105 Å². The van der Waals surface area contributed by atoms with Gasteiger partial charge in [-0.15, -0.1) is 0 Å². The van der Waals surface area contributed by atoms with E-state index in [9.17, 15) is 9.90 Å². The van der Waals surface area contributed by atoms with E-state index in [0.717, 1.165) is 0 Å². The molecule has 0 amide bonds. The highest BCUT2D eigenvalue weighted by Gasteiger charge is 2.30. The first-order valence-corrected chi connectivity index (χ1v) is 6.63. The molecule has 0 fully saturated rings. The lowest BCUT2D eigenvalue weighted by atomic mass is 9.95. The number of methoxy groups -OCH3 is 1. The van der Waals surface area contributed by atoms with E-state index in [0.29, 0.717) is 23.9 Å². The number of carboxylic acid groups (broad SMARTS) is 1. The van der Waals surface area contributed by atoms with Gasteiger partial charge in [0.2, 0.25) is 0 Å². The number of ether oxygens (including phenoxy) is 1. The molecule has 0 bridgehead atoms. The maximum atomic E-state index is 10.9. The second-order valence-corrected chi connectivity index (χ2v) is 6.18. The molecule has 0 radical (unpaired) electrons. The van der Waals surface area contributed by atoms with Crippen LogP contribution in [0.3, 0.4) is 0 Å². The quantitative estimate of drug-likeness (QED) is 0.724. The van der Waals surface area contributed by atoms with Gasteiger partial charge in [0.05, 0.1) is 18.8 Å². The SMILES string of the molecule is COCc1cc(NCC(C)(O)C(=O)O)nc(C(C)(C)C)n1. The number of nitrogens with one attached hydrogen (secondary N) is 1. The van der Waals surface area contributed by atoms with Crippen molar-refractivity contribution in [3.63, 3.8) is 0 Å². The normalized spacial score (nSPS) is 14.6. The van der Waals surface area contributed by atoms with E-state index in [-0.39, 0.29) is 12.0 Å². The second-order valence-electron chi connectivity index (χ2n) is 6.18. The number of anilines is 1. The summed E-state index contributed by atoms with van der Waals surface area (Å²) >= 11 is 0. The van der Waals surface area contributed by atoms with Crippen molar-refractivity contribution < 1.29 is 19.7 Å². The molecule has 0 aliphatic carbocycles. The van der Waals surface area contributed by atoms with Crippen LogP contribution in [0.2, 0.25) is 0 Å². The predicted molar refractivity (Wildman–Crippen MR) is 78.2 cm³/mol. The number of hydrogen-bond acceptors (Lipinski definition) is 6. The fourth-order valence-electron chi connectivity index (χ4n) is 1.48. The molecule has 0 aromatic carbocycles. The summed E-state index contributed by atoms with van der Waals surface area (Å²) < 4.78 is 5.07. The summed E-state index contributed by atoms with van der Waals surface area (Å²) in [5, 5.41) is 21.5. The molecule has 0 saturated carbocycles. The number of nitrogens with zero attached hydrogens (tertiary/aromatic N) is 2. The molecule has 0 saturated heterocycles. The largest absolute Gasteiger partial charge is 0.479 e. The summed E-state index contributed by atoms with van der Waals surface area (Å²) in [6, 6.07) is 1.68. The van der Waals surface area contributed by atoms with Gasteiger partial charge in [-0.1, -0.05) is 20.8 Å². The van der Waals surface area contributed by atoms with Crippen LogP contribution in [0.4, 0.5) is 5.82 Å². The van der Waals surface area contributed by atoms with Crippen molar-refractivity contribution in [2.75, 3.05) is 19.0 Å². The number of aliphatic hydroxyl groups is 1. The number of aliphatic carboxylic acids is 1. The number of hydrogen-bond donors (Lipinski definition) is 3. The molecule has 21 heavy (non-hydrogen) atoms. The number of carboxylic acids is 1. The van der Waals surface area contributed by atoms with Gasteiger partial charge in [-0.2, -0.15) is 0 Å². The Bertz CT molecular complexity index is 509. The van der Waals surface area contributed by atoms with E-state index in [1.165, 1.54) is 6.92 Å². The van der Waals surface area contributed by atoms with Gasteiger partial charge < -0.3 is 20.3 Å². The van der Waals surface area contributed by atoms with E-state index >= 15 is 0 Å². The van der Waals surface area contributed by atoms with Crippen LogP contribution in [0.25, 0.3) is 0 Å². The zero-order valence-corrected chi connectivity index (χ0v) is 13.1. The van der Waals surface area contributed by atoms with E-state index in [1.54, 1.807) is 13.2 Å². The monoisotopic (exact) mass is 297 g/mol. The number of rotatable bonds is 6. The maximum Gasteiger partial charge on any atom is 0.337 e. The van der Waals surface area contributed by atoms with Gasteiger partial charge in [-0.25, -0.2) is 14.8 Å². The molecule has 1 heterocycles. The van der Waals surface area contributed by atoms with Crippen molar-refractivity contribution in [1.29, 1.82) is 0 Å². The summed E-state index contributed by atoms with van der Waals surface area (Å²) in [5.74, 6) is -0.213. The summed E-state index contributed by atoms with van der Waals surface area (Å²) in [4.78, 5) is 19.7. The predicted octanol–water partition coefficient (Wildman–Crippen LogP) is 1.17. The average molecular weight is 297 g/mol. The minimum absolute atomic E-state index is 0.157. The lowest BCUT2D eigenvalue weighted by Crippen LogP contribution is -2.42. The Morgan fingerprint density at radius 2 is 1.95 bits per heavy atom. The molecule has 0 spiro atoms. The Labute approximate surface area is 124 Å². The van der Waals surface area contributed by atoms with Crippen LogP contribution in [-0.4, -0.2) is 45.4 Å². The van der Waals surface area contributed by atoms with E-state index < -0.39 is 11.6 Å². The Morgan fingerprint density at radius 1 is 1.33 bits per heavy atom. The van der Waals surface area contributed by atoms with Gasteiger partial charge in [0.1, 0.15) is 11.6 Å². The Morgan fingerprint density at radius 3 is 2.43 bits per heavy atom. The van der Waals surface area contributed by atoms with Gasteiger partial charge in [-0.3, -0.25) is 0 Å². The highest BCUT2D eigenvalue weighted by atomic mass is 16.5. The van der Waals surface area contributed by atoms with Gasteiger partial charge >= 0.3 is 5.97 Å². The van der Waals surface area contributed by atoms with Crippen molar-refractivity contribution in [2.45, 2.75) is 45.3 Å². The van der Waals surface area contributed by atoms with Crippen molar-refractivity contribution in [3.05, 3.63) is 17.6 Å². The molecule has 7 heteroatoms. The fourth-order valence-corrected chi connectivity index (χ4v) is 1.48. The molecule has 0 aliphatic heterocycles. The first-order valence-electron chi connectivity index (χ1n) is 6.63. The first-order chi connectivity index (χ1) is 9.56. The molecule has 7 nitrogen and oxygen atoms in total. The summed E-state index contributed by atoms with van der Waals surface area (Å²) in [7, 11) is 1.57. The Hall–Kier alpha value is -1.73. The van der Waals surface area contributed by atoms with Crippen LogP contribution < -0.4 is 5.32 Å². The van der Waals surface area contributed by atoms with E-state index in [4.69, 9.17) is 9.84 Å². The van der Waals surface area contributed by atoms with Crippen LogP contribution >= 0.6 is 0 Å². The molecule has 1 aromatic rings. The Balaban J connectivity index is 3.01. The first kappa shape index (κ1) is 17.3. The zero-order valence-electron chi connectivity index (χ0n) is 13.1. The maximum absolute atomic E-state index is 10.9. The highest BCUT2D eigenvalue weighted by Crippen LogP contribution is 2.21. The average Bonchev–Trinajstić information content (AvgIpc) is 2.35. The number of aromatic nitrogens is 2. The molecule has 1 atom stereocenters. The molecule has 0 aliphatic rings. The standard InChI is InChI=1S/C14H23N3O4/c1-13(2,3)11-16-9(7-21-5)6-10(17-11)15-8-14(4,20)12(18)19/h6,20H,7-8H2,1-5H3,(H,18,19)(H,15,16,17). The highest BCUT2D eigenvalue weighted by molar-refractivity contribution is 5.77. The lowest BCUT2D eigenvalue weighted by molar-refractivity contribution is -0.155. The Kier molecular flexibility index (Phi) is 5.25. The molecule has 1 unspecified atom stereocenters. The number of carbonyl (C=O) groups is 1. The summed E-state index contributed by atoms with van der Waals surface area (Å²) in [6.45, 7) is 7.34. The molecule has 3 N–H and O–H groups in total. The van der Waals surface area contributed by atoms with Gasteiger partial charge in [-0.05, 0) is 6.92 Å².